The van der Waals surface area contributed by atoms with Crippen molar-refractivity contribution < 1.29 is 9.47 Å². The lowest BCUT2D eigenvalue weighted by Gasteiger charge is -2.15. The van der Waals surface area contributed by atoms with Crippen LogP contribution in [-0.4, -0.2) is 46.3 Å². The number of nitrogens with one attached hydrogen (secondary N) is 1. The van der Waals surface area contributed by atoms with Gasteiger partial charge in [0.15, 0.2) is 0 Å². The quantitative estimate of drug-likeness (QED) is 0.777. The van der Waals surface area contributed by atoms with Gasteiger partial charge >= 0.3 is 0 Å². The first-order valence-electron chi connectivity index (χ1n) is 5.76. The van der Waals surface area contributed by atoms with E-state index in [2.05, 4.69) is 10.2 Å². The zero-order chi connectivity index (χ0) is 12.7. The monoisotopic (exact) mass is 238 g/mol. The Morgan fingerprint density at radius 3 is 2.65 bits per heavy atom. The average molecular weight is 238 g/mol. The second-order valence-corrected chi connectivity index (χ2v) is 4.16. The normalized spacial score (nSPS) is 10.6. The zero-order valence-corrected chi connectivity index (χ0v) is 11.1. The zero-order valence-electron chi connectivity index (χ0n) is 11.1. The van der Waals surface area contributed by atoms with Crippen LogP contribution >= 0.6 is 0 Å². The minimum atomic E-state index is 0.677. The minimum absolute atomic E-state index is 0.677. The van der Waals surface area contributed by atoms with Crippen LogP contribution in [0.3, 0.4) is 0 Å². The standard InChI is InChI=1S/C13H22N2O2/c1-14-10-11-5-6-12(16-4)9-13(11)17-8-7-15(2)3/h5-6,9,14H,7-8,10H2,1-4H3. The Bertz CT molecular complexity index is 340. The third-order valence-corrected chi connectivity index (χ3v) is 2.44. The third-order valence-electron chi connectivity index (χ3n) is 2.44. The number of hydrogen-bond donors (Lipinski definition) is 1. The van der Waals surface area contributed by atoms with E-state index in [9.17, 15) is 0 Å². The lowest BCUT2D eigenvalue weighted by Crippen LogP contribution is -2.20. The molecule has 0 bridgehead atoms. The van der Waals surface area contributed by atoms with Gasteiger partial charge in [-0.1, -0.05) is 6.07 Å². The molecule has 1 aromatic carbocycles. The van der Waals surface area contributed by atoms with Crippen LogP contribution < -0.4 is 14.8 Å². The highest BCUT2D eigenvalue weighted by Crippen LogP contribution is 2.24. The Hall–Kier alpha value is -1.26. The summed E-state index contributed by atoms with van der Waals surface area (Å²) >= 11 is 0. The largest absolute Gasteiger partial charge is 0.497 e. The van der Waals surface area contributed by atoms with Crippen LogP contribution in [0.2, 0.25) is 0 Å². The summed E-state index contributed by atoms with van der Waals surface area (Å²) in [4.78, 5) is 2.10. The molecule has 0 aliphatic heterocycles. The van der Waals surface area contributed by atoms with Crippen LogP contribution in [0.15, 0.2) is 18.2 Å². The minimum Gasteiger partial charge on any atom is -0.497 e. The highest BCUT2D eigenvalue weighted by Gasteiger charge is 2.05. The fraction of sp³-hybridized carbons (Fsp3) is 0.538. The van der Waals surface area contributed by atoms with Gasteiger partial charge in [-0.15, -0.1) is 0 Å². The Morgan fingerprint density at radius 1 is 1.29 bits per heavy atom. The molecule has 0 fully saturated rings. The van der Waals surface area contributed by atoms with E-state index < -0.39 is 0 Å². The van der Waals surface area contributed by atoms with E-state index in [4.69, 9.17) is 9.47 Å². The third kappa shape index (κ3) is 4.63. The van der Waals surface area contributed by atoms with E-state index in [1.165, 1.54) is 0 Å². The number of benzene rings is 1. The molecular weight excluding hydrogens is 216 g/mol. The Morgan fingerprint density at radius 2 is 2.06 bits per heavy atom. The molecule has 0 saturated carbocycles. The molecule has 1 rings (SSSR count). The van der Waals surface area contributed by atoms with Gasteiger partial charge in [0, 0.05) is 24.7 Å². The van der Waals surface area contributed by atoms with E-state index in [0.29, 0.717) is 6.61 Å². The predicted molar refractivity (Wildman–Crippen MR) is 69.8 cm³/mol. The average Bonchev–Trinajstić information content (AvgIpc) is 2.31. The molecular formula is C13H22N2O2. The maximum absolute atomic E-state index is 5.78. The molecule has 0 unspecified atom stereocenters. The summed E-state index contributed by atoms with van der Waals surface area (Å²) in [7, 11) is 7.65. The van der Waals surface area contributed by atoms with Crippen molar-refractivity contribution >= 4 is 0 Å². The summed E-state index contributed by atoms with van der Waals surface area (Å²) in [5.41, 5.74) is 1.15. The van der Waals surface area contributed by atoms with E-state index in [1.807, 2.05) is 39.3 Å². The first-order chi connectivity index (χ1) is 8.17. The van der Waals surface area contributed by atoms with Gasteiger partial charge in [-0.05, 0) is 27.2 Å². The maximum Gasteiger partial charge on any atom is 0.127 e. The highest BCUT2D eigenvalue weighted by atomic mass is 16.5. The van der Waals surface area contributed by atoms with Gasteiger partial charge < -0.3 is 19.7 Å². The molecule has 1 N–H and O–H groups in total. The summed E-state index contributed by atoms with van der Waals surface area (Å²) in [5, 5.41) is 3.13. The molecule has 0 saturated heterocycles. The molecule has 4 nitrogen and oxygen atoms in total. The summed E-state index contributed by atoms with van der Waals surface area (Å²) in [6.45, 7) is 2.37. The number of methoxy groups -OCH3 is 1. The topological polar surface area (TPSA) is 33.7 Å². The second kappa shape index (κ2) is 7.14. The number of ether oxygens (including phenoxy) is 2. The van der Waals surface area contributed by atoms with Gasteiger partial charge in [0.25, 0.3) is 0 Å². The van der Waals surface area contributed by atoms with Gasteiger partial charge in [-0.3, -0.25) is 0 Å². The van der Waals surface area contributed by atoms with E-state index >= 15 is 0 Å². The van der Waals surface area contributed by atoms with Crippen LogP contribution in [0, 0.1) is 0 Å². The lowest BCUT2D eigenvalue weighted by molar-refractivity contribution is 0.258. The second-order valence-electron chi connectivity index (χ2n) is 4.16. The van der Waals surface area contributed by atoms with Crippen molar-refractivity contribution in [2.75, 3.05) is 41.4 Å². The van der Waals surface area contributed by atoms with Crippen molar-refractivity contribution in [2.24, 2.45) is 0 Å². The number of rotatable bonds is 7. The predicted octanol–water partition coefficient (Wildman–Crippen LogP) is 1.35. The van der Waals surface area contributed by atoms with E-state index in [-0.39, 0.29) is 0 Å². The molecule has 0 aromatic heterocycles. The van der Waals surface area contributed by atoms with Gasteiger partial charge in [0.2, 0.25) is 0 Å². The Kier molecular flexibility index (Phi) is 5.80. The summed E-state index contributed by atoms with van der Waals surface area (Å²) in [6.07, 6.45) is 0. The summed E-state index contributed by atoms with van der Waals surface area (Å²) in [5.74, 6) is 1.71. The van der Waals surface area contributed by atoms with Crippen molar-refractivity contribution in [3.63, 3.8) is 0 Å². The molecule has 4 heteroatoms. The SMILES string of the molecule is CNCc1ccc(OC)cc1OCCN(C)C. The fourth-order valence-corrected chi connectivity index (χ4v) is 1.47. The van der Waals surface area contributed by atoms with Crippen molar-refractivity contribution in [1.29, 1.82) is 0 Å². The molecule has 0 heterocycles. The maximum atomic E-state index is 5.78. The Balaban J connectivity index is 2.70. The molecule has 0 spiro atoms. The van der Waals surface area contributed by atoms with Gasteiger partial charge in [0.05, 0.1) is 7.11 Å². The molecule has 0 aliphatic rings. The van der Waals surface area contributed by atoms with Crippen LogP contribution in [0.1, 0.15) is 5.56 Å². The van der Waals surface area contributed by atoms with E-state index in [1.54, 1.807) is 7.11 Å². The molecule has 0 amide bonds. The highest BCUT2D eigenvalue weighted by molar-refractivity contribution is 5.40. The number of likely N-dealkylation sites (N-methyl/N-ethyl adjacent to an activating group) is 1. The summed E-state index contributed by atoms with van der Waals surface area (Å²) in [6, 6.07) is 5.91. The molecule has 17 heavy (non-hydrogen) atoms. The first kappa shape index (κ1) is 13.8. The van der Waals surface area contributed by atoms with Crippen LogP contribution in [-0.2, 0) is 6.54 Å². The van der Waals surface area contributed by atoms with Gasteiger partial charge in [0.1, 0.15) is 18.1 Å². The van der Waals surface area contributed by atoms with E-state index in [0.717, 1.165) is 30.2 Å². The number of nitrogens with zero attached hydrogens (tertiary/aromatic N) is 1. The van der Waals surface area contributed by atoms with Gasteiger partial charge in [-0.2, -0.15) is 0 Å². The molecule has 0 radical (unpaired) electrons. The molecule has 0 atom stereocenters. The van der Waals surface area contributed by atoms with Crippen LogP contribution in [0.5, 0.6) is 11.5 Å². The lowest BCUT2D eigenvalue weighted by atomic mass is 10.2. The summed E-state index contributed by atoms with van der Waals surface area (Å²) < 4.78 is 11.0. The van der Waals surface area contributed by atoms with Crippen LogP contribution in [0.25, 0.3) is 0 Å². The molecule has 96 valence electrons. The fourth-order valence-electron chi connectivity index (χ4n) is 1.47. The molecule has 0 aliphatic carbocycles. The van der Waals surface area contributed by atoms with Gasteiger partial charge in [-0.25, -0.2) is 0 Å². The molecule has 1 aromatic rings. The van der Waals surface area contributed by atoms with Crippen molar-refractivity contribution in [3.8, 4) is 11.5 Å². The van der Waals surface area contributed by atoms with Crippen LogP contribution in [0.4, 0.5) is 0 Å². The van der Waals surface area contributed by atoms with Crippen molar-refractivity contribution in [3.05, 3.63) is 23.8 Å². The number of hydrogen-bond acceptors (Lipinski definition) is 4. The first-order valence-corrected chi connectivity index (χ1v) is 5.76. The van der Waals surface area contributed by atoms with Crippen molar-refractivity contribution in [2.45, 2.75) is 6.54 Å². The smallest absolute Gasteiger partial charge is 0.127 e. The van der Waals surface area contributed by atoms with Crippen molar-refractivity contribution in [1.82, 2.24) is 10.2 Å². The Labute approximate surface area is 104 Å².